The third-order valence-corrected chi connectivity index (χ3v) is 7.30. The zero-order valence-electron chi connectivity index (χ0n) is 18.6. The fourth-order valence-corrected chi connectivity index (χ4v) is 5.12. The van der Waals surface area contributed by atoms with E-state index in [2.05, 4.69) is 29.2 Å². The van der Waals surface area contributed by atoms with Crippen LogP contribution in [-0.2, 0) is 4.79 Å². The number of rotatable bonds is 5. The van der Waals surface area contributed by atoms with Crippen LogP contribution >= 0.6 is 23.2 Å². The predicted molar refractivity (Wildman–Crippen MR) is 131 cm³/mol. The zero-order valence-corrected chi connectivity index (χ0v) is 20.1. The lowest BCUT2D eigenvalue weighted by Crippen LogP contribution is -2.50. The summed E-state index contributed by atoms with van der Waals surface area (Å²) in [5, 5.41) is 1.43. The number of urea groups is 1. The van der Waals surface area contributed by atoms with E-state index in [-0.39, 0.29) is 18.0 Å². The first-order valence-electron chi connectivity index (χ1n) is 11.5. The van der Waals surface area contributed by atoms with Gasteiger partial charge in [-0.05, 0) is 54.2 Å². The first kappa shape index (κ1) is 23.9. The number of nitrogens with two attached hydrogens (primary N) is 1. The van der Waals surface area contributed by atoms with Gasteiger partial charge in [0.05, 0.1) is 6.04 Å². The van der Waals surface area contributed by atoms with Gasteiger partial charge < -0.3 is 15.5 Å². The van der Waals surface area contributed by atoms with Gasteiger partial charge in [0.1, 0.15) is 0 Å². The first-order chi connectivity index (χ1) is 15.9. The van der Waals surface area contributed by atoms with Crippen LogP contribution in [0.1, 0.15) is 36.4 Å². The molecular weight excluding hydrogens is 459 g/mol. The second-order valence-electron chi connectivity index (χ2n) is 8.90. The van der Waals surface area contributed by atoms with E-state index in [1.807, 2.05) is 29.2 Å². The van der Waals surface area contributed by atoms with Crippen molar-refractivity contribution in [2.75, 3.05) is 39.3 Å². The maximum Gasteiger partial charge on any atom is 0.314 e. The number of benzene rings is 2. The normalized spacial score (nSPS) is 18.0. The number of hydrogen-bond donors (Lipinski definition) is 1. The maximum absolute atomic E-state index is 12.9. The zero-order chi connectivity index (χ0) is 23.4. The van der Waals surface area contributed by atoms with Gasteiger partial charge in [-0.2, -0.15) is 0 Å². The molecule has 4 rings (SSSR count). The van der Waals surface area contributed by atoms with Gasteiger partial charge >= 0.3 is 6.03 Å². The third kappa shape index (κ3) is 5.99. The fourth-order valence-electron chi connectivity index (χ4n) is 4.87. The van der Waals surface area contributed by atoms with Crippen LogP contribution in [0.15, 0.2) is 48.5 Å². The Labute approximate surface area is 205 Å². The van der Waals surface area contributed by atoms with Crippen molar-refractivity contribution in [1.29, 1.82) is 0 Å². The molecule has 0 atom stereocenters. The highest BCUT2D eigenvalue weighted by Crippen LogP contribution is 2.31. The topological polar surface area (TPSA) is 69.9 Å². The molecule has 2 fully saturated rings. The first-order valence-corrected chi connectivity index (χ1v) is 12.2. The molecule has 2 aliphatic heterocycles. The molecule has 176 valence electrons. The minimum atomic E-state index is -0.369. The van der Waals surface area contributed by atoms with Crippen molar-refractivity contribution < 1.29 is 9.59 Å². The van der Waals surface area contributed by atoms with Crippen molar-refractivity contribution in [3.63, 3.8) is 0 Å². The number of nitrogens with zero attached hydrogens (tertiary/aromatic N) is 3. The summed E-state index contributed by atoms with van der Waals surface area (Å²) in [6.07, 6.45) is 2.22. The predicted octanol–water partition coefficient (Wildman–Crippen LogP) is 4.41. The molecule has 2 saturated heterocycles. The molecule has 33 heavy (non-hydrogen) atoms. The van der Waals surface area contributed by atoms with Crippen molar-refractivity contribution >= 4 is 35.1 Å². The Hall–Kier alpha value is -2.28. The van der Waals surface area contributed by atoms with Crippen LogP contribution in [0.25, 0.3) is 0 Å². The van der Waals surface area contributed by atoms with Gasteiger partial charge in [-0.3, -0.25) is 9.69 Å². The van der Waals surface area contributed by atoms with Crippen LogP contribution in [0.5, 0.6) is 0 Å². The fraction of sp³-hybridized carbons (Fsp3) is 0.440. The number of piperazine rings is 1. The van der Waals surface area contributed by atoms with Crippen molar-refractivity contribution in [2.45, 2.75) is 25.3 Å². The second kappa shape index (κ2) is 10.8. The lowest BCUT2D eigenvalue weighted by Gasteiger charge is -2.40. The number of amides is 3. The molecule has 0 bridgehead atoms. The minimum Gasteiger partial charge on any atom is -0.351 e. The molecule has 0 spiro atoms. The van der Waals surface area contributed by atoms with Crippen molar-refractivity contribution in [2.24, 2.45) is 11.7 Å². The van der Waals surface area contributed by atoms with Crippen LogP contribution < -0.4 is 5.73 Å². The molecule has 0 unspecified atom stereocenters. The quantitative estimate of drug-likeness (QED) is 0.677. The number of piperidine rings is 1. The summed E-state index contributed by atoms with van der Waals surface area (Å²) < 4.78 is 0. The van der Waals surface area contributed by atoms with E-state index in [0.717, 1.165) is 25.9 Å². The standard InChI is InChI=1S/C25H30Cl2N4O2/c26-21-5-1-19(2-6-21)24(20-3-7-22(27)8-4-20)30-15-13-29(14-16-30)23(32)17-18-9-11-31(12-10-18)25(28)33/h1-8,18,24H,9-17H2,(H2,28,33). The van der Waals surface area contributed by atoms with Gasteiger partial charge in [-0.25, -0.2) is 4.79 Å². The molecular formula is C25H30Cl2N4O2. The molecule has 2 aromatic rings. The van der Waals surface area contributed by atoms with E-state index in [1.165, 1.54) is 11.1 Å². The molecule has 2 heterocycles. The Kier molecular flexibility index (Phi) is 7.78. The third-order valence-electron chi connectivity index (χ3n) is 6.79. The van der Waals surface area contributed by atoms with Gasteiger partial charge in [0.2, 0.25) is 5.91 Å². The van der Waals surface area contributed by atoms with Gasteiger partial charge in [-0.15, -0.1) is 0 Å². The molecule has 0 saturated carbocycles. The number of halogens is 2. The number of likely N-dealkylation sites (tertiary alicyclic amines) is 1. The van der Waals surface area contributed by atoms with Crippen molar-refractivity contribution in [1.82, 2.24) is 14.7 Å². The van der Waals surface area contributed by atoms with Crippen molar-refractivity contribution in [3.05, 3.63) is 69.7 Å². The Morgan fingerprint density at radius 3 is 1.73 bits per heavy atom. The van der Waals surface area contributed by atoms with E-state index < -0.39 is 0 Å². The van der Waals surface area contributed by atoms with Crippen LogP contribution in [-0.4, -0.2) is 65.9 Å². The summed E-state index contributed by atoms with van der Waals surface area (Å²) in [5.41, 5.74) is 7.70. The summed E-state index contributed by atoms with van der Waals surface area (Å²) in [6.45, 7) is 4.28. The lowest BCUT2D eigenvalue weighted by molar-refractivity contribution is -0.134. The highest BCUT2D eigenvalue weighted by Gasteiger charge is 2.30. The van der Waals surface area contributed by atoms with Crippen LogP contribution in [0.3, 0.4) is 0 Å². The molecule has 8 heteroatoms. The molecule has 0 radical (unpaired) electrons. The van der Waals surface area contributed by atoms with Crippen molar-refractivity contribution in [3.8, 4) is 0 Å². The van der Waals surface area contributed by atoms with Gasteiger partial charge in [0, 0.05) is 55.7 Å². The number of primary amides is 1. The van der Waals surface area contributed by atoms with Gasteiger partial charge in [0.15, 0.2) is 0 Å². The Morgan fingerprint density at radius 1 is 0.788 bits per heavy atom. The monoisotopic (exact) mass is 488 g/mol. The summed E-state index contributed by atoms with van der Waals surface area (Å²) in [5.74, 6) is 0.531. The van der Waals surface area contributed by atoms with E-state index in [1.54, 1.807) is 4.90 Å². The SMILES string of the molecule is NC(=O)N1CCC(CC(=O)N2CCN(C(c3ccc(Cl)cc3)c3ccc(Cl)cc3)CC2)CC1. The Balaban J connectivity index is 1.38. The average molecular weight is 489 g/mol. The molecule has 0 aliphatic carbocycles. The van der Waals surface area contributed by atoms with E-state index in [9.17, 15) is 9.59 Å². The van der Waals surface area contributed by atoms with Gasteiger partial charge in [0.25, 0.3) is 0 Å². The average Bonchev–Trinajstić information content (AvgIpc) is 2.82. The summed E-state index contributed by atoms with van der Waals surface area (Å²) >= 11 is 12.3. The van der Waals surface area contributed by atoms with Crippen LogP contribution in [0, 0.1) is 5.92 Å². The maximum atomic E-state index is 12.9. The molecule has 2 aliphatic rings. The second-order valence-corrected chi connectivity index (χ2v) is 9.77. The lowest BCUT2D eigenvalue weighted by atomic mass is 9.93. The Bertz CT molecular complexity index is 906. The largest absolute Gasteiger partial charge is 0.351 e. The summed E-state index contributed by atoms with van der Waals surface area (Å²) in [7, 11) is 0. The molecule has 2 N–H and O–H groups in total. The Morgan fingerprint density at radius 2 is 1.27 bits per heavy atom. The van der Waals surface area contributed by atoms with E-state index >= 15 is 0 Å². The van der Waals surface area contributed by atoms with E-state index in [4.69, 9.17) is 28.9 Å². The smallest absolute Gasteiger partial charge is 0.314 e. The summed E-state index contributed by atoms with van der Waals surface area (Å²) in [4.78, 5) is 30.3. The number of carbonyl (C=O) groups is 2. The van der Waals surface area contributed by atoms with E-state index in [0.29, 0.717) is 48.6 Å². The molecule has 2 aromatic carbocycles. The summed E-state index contributed by atoms with van der Waals surface area (Å²) in [6, 6.07) is 15.7. The minimum absolute atomic E-state index is 0.0786. The highest BCUT2D eigenvalue weighted by atomic mass is 35.5. The molecule has 0 aromatic heterocycles. The number of hydrogen-bond acceptors (Lipinski definition) is 3. The number of carbonyl (C=O) groups excluding carboxylic acids is 2. The van der Waals surface area contributed by atoms with Crippen LogP contribution in [0.2, 0.25) is 10.0 Å². The molecule has 6 nitrogen and oxygen atoms in total. The van der Waals surface area contributed by atoms with Crippen LogP contribution in [0.4, 0.5) is 4.79 Å². The van der Waals surface area contributed by atoms with Gasteiger partial charge in [-0.1, -0.05) is 47.5 Å². The molecule has 3 amide bonds. The highest BCUT2D eigenvalue weighted by molar-refractivity contribution is 6.30.